The van der Waals surface area contributed by atoms with E-state index in [1.807, 2.05) is 29.1 Å². The Labute approximate surface area is 189 Å². The fraction of sp³-hybridized carbons (Fsp3) is 0.609. The zero-order valence-corrected chi connectivity index (χ0v) is 18.8. The number of piperidine rings is 3. The van der Waals surface area contributed by atoms with E-state index in [0.29, 0.717) is 24.4 Å². The second kappa shape index (κ2) is 9.07. The lowest BCUT2D eigenvalue weighted by molar-refractivity contribution is -0.144. The minimum Gasteiger partial charge on any atom is -0.495 e. The molecule has 5 heterocycles. The first-order valence-corrected chi connectivity index (χ1v) is 11.7. The Morgan fingerprint density at radius 3 is 2.69 bits per heavy atom. The Balaban J connectivity index is 1.17. The van der Waals surface area contributed by atoms with Crippen LogP contribution >= 0.6 is 0 Å². The minimum atomic E-state index is 0.119. The summed E-state index contributed by atoms with van der Waals surface area (Å²) in [5.74, 6) is 1.81. The number of aromatic nitrogens is 3. The highest BCUT2D eigenvalue weighted by molar-refractivity contribution is 5.80. The molecule has 1 aromatic carbocycles. The predicted octanol–water partition coefficient (Wildman–Crippen LogP) is 0.805. The third-order valence-corrected chi connectivity index (χ3v) is 7.41. The summed E-state index contributed by atoms with van der Waals surface area (Å²) in [6.45, 7) is 6.38. The van der Waals surface area contributed by atoms with E-state index in [9.17, 15) is 4.79 Å². The number of hydrogen-bond donors (Lipinski definition) is 1. The summed E-state index contributed by atoms with van der Waals surface area (Å²) in [4.78, 5) is 20.3. The molecule has 0 radical (unpaired) electrons. The van der Waals surface area contributed by atoms with Crippen molar-refractivity contribution in [1.82, 2.24) is 24.8 Å². The van der Waals surface area contributed by atoms with E-state index < -0.39 is 0 Å². The van der Waals surface area contributed by atoms with Gasteiger partial charge < -0.3 is 20.3 Å². The molecule has 4 aliphatic rings. The first-order chi connectivity index (χ1) is 15.7. The maximum absolute atomic E-state index is 13.4. The largest absolute Gasteiger partial charge is 0.495 e. The van der Waals surface area contributed by atoms with Crippen LogP contribution in [0.1, 0.15) is 18.5 Å². The maximum atomic E-state index is 13.4. The van der Waals surface area contributed by atoms with Gasteiger partial charge in [-0.3, -0.25) is 14.4 Å². The zero-order valence-electron chi connectivity index (χ0n) is 18.8. The van der Waals surface area contributed by atoms with Crippen molar-refractivity contribution >= 4 is 11.6 Å². The molecule has 2 bridgehead atoms. The van der Waals surface area contributed by atoms with Crippen molar-refractivity contribution in [3.05, 3.63) is 36.2 Å². The Hall–Kier alpha value is -2.65. The summed E-state index contributed by atoms with van der Waals surface area (Å²) in [5, 5.41) is 8.31. The van der Waals surface area contributed by atoms with E-state index >= 15 is 0 Å². The van der Waals surface area contributed by atoms with Gasteiger partial charge in [-0.15, -0.1) is 5.10 Å². The van der Waals surface area contributed by atoms with Gasteiger partial charge in [0.05, 0.1) is 31.0 Å². The van der Waals surface area contributed by atoms with Crippen molar-refractivity contribution in [3.8, 4) is 5.75 Å². The first-order valence-electron chi connectivity index (χ1n) is 11.7. The lowest BCUT2D eigenvalue weighted by Gasteiger charge is -2.50. The number of amides is 1. The zero-order chi connectivity index (χ0) is 22.1. The van der Waals surface area contributed by atoms with Gasteiger partial charge in [-0.1, -0.05) is 17.3 Å². The van der Waals surface area contributed by atoms with Crippen LogP contribution in [0.4, 0.5) is 5.69 Å². The molecule has 4 aliphatic heterocycles. The molecule has 32 heavy (non-hydrogen) atoms. The second-order valence-electron chi connectivity index (χ2n) is 9.16. The monoisotopic (exact) mass is 439 g/mol. The number of para-hydroxylation sites is 2. The molecule has 1 unspecified atom stereocenters. The molecule has 4 fully saturated rings. The van der Waals surface area contributed by atoms with Crippen molar-refractivity contribution in [1.29, 1.82) is 0 Å². The van der Waals surface area contributed by atoms with Crippen LogP contribution in [0.3, 0.4) is 0 Å². The smallest absolute Gasteiger partial charge is 0.227 e. The van der Waals surface area contributed by atoms with E-state index in [-0.39, 0.29) is 5.92 Å². The third-order valence-electron chi connectivity index (χ3n) is 7.41. The SMILES string of the molecule is COc1ccccc1N1CCN(C(=O)[C@@H]2CN3CC[C@@H]2C[C@@H]3Cn2cc(CN)nn2)CC1. The van der Waals surface area contributed by atoms with Gasteiger partial charge in [0.2, 0.25) is 5.91 Å². The molecule has 9 heteroatoms. The maximum Gasteiger partial charge on any atom is 0.227 e. The van der Waals surface area contributed by atoms with Crippen LogP contribution in [0.15, 0.2) is 30.5 Å². The Kier molecular flexibility index (Phi) is 6.01. The summed E-state index contributed by atoms with van der Waals surface area (Å²) in [5.41, 5.74) is 7.59. The number of carbonyl (C=O) groups is 1. The number of hydrogen-bond acceptors (Lipinski definition) is 7. The summed E-state index contributed by atoms with van der Waals surface area (Å²) in [6, 6.07) is 8.53. The van der Waals surface area contributed by atoms with Gasteiger partial charge in [0.1, 0.15) is 5.75 Å². The van der Waals surface area contributed by atoms with E-state index in [4.69, 9.17) is 10.5 Å². The molecule has 0 saturated carbocycles. The predicted molar refractivity (Wildman–Crippen MR) is 121 cm³/mol. The molecule has 0 spiro atoms. The average Bonchev–Trinajstić information content (AvgIpc) is 3.31. The van der Waals surface area contributed by atoms with Crippen LogP contribution in [0.5, 0.6) is 5.75 Å². The Morgan fingerprint density at radius 1 is 1.19 bits per heavy atom. The number of methoxy groups -OCH3 is 1. The van der Waals surface area contributed by atoms with Gasteiger partial charge in [0.25, 0.3) is 0 Å². The van der Waals surface area contributed by atoms with Crippen LogP contribution in [-0.2, 0) is 17.9 Å². The van der Waals surface area contributed by atoms with Crippen LogP contribution in [0.2, 0.25) is 0 Å². The molecule has 4 saturated heterocycles. The van der Waals surface area contributed by atoms with Crippen molar-refractivity contribution in [2.45, 2.75) is 32.0 Å². The number of nitrogens with two attached hydrogens (primary N) is 1. The lowest BCUT2D eigenvalue weighted by Crippen LogP contribution is -2.60. The normalized spacial score (nSPS) is 27.6. The van der Waals surface area contributed by atoms with Crippen LogP contribution in [-0.4, -0.2) is 83.1 Å². The number of anilines is 1. The van der Waals surface area contributed by atoms with Gasteiger partial charge in [-0.25, -0.2) is 0 Å². The van der Waals surface area contributed by atoms with Gasteiger partial charge in [0, 0.05) is 51.5 Å². The van der Waals surface area contributed by atoms with E-state index in [2.05, 4.69) is 31.1 Å². The van der Waals surface area contributed by atoms with Crippen molar-refractivity contribution in [2.75, 3.05) is 51.3 Å². The molecule has 2 N–H and O–H groups in total. The summed E-state index contributed by atoms with van der Waals surface area (Å²) in [6.07, 6.45) is 4.10. The van der Waals surface area contributed by atoms with Crippen LogP contribution < -0.4 is 15.4 Å². The van der Waals surface area contributed by atoms with Gasteiger partial charge in [-0.05, 0) is 37.4 Å². The Morgan fingerprint density at radius 2 is 2.00 bits per heavy atom. The van der Waals surface area contributed by atoms with Gasteiger partial charge in [-0.2, -0.15) is 0 Å². The molecular formula is C23H33N7O2. The molecule has 4 atom stereocenters. The van der Waals surface area contributed by atoms with E-state index in [1.54, 1.807) is 7.11 Å². The summed E-state index contributed by atoms with van der Waals surface area (Å²) >= 11 is 0. The van der Waals surface area contributed by atoms with Gasteiger partial charge in [0.15, 0.2) is 0 Å². The Bertz CT molecular complexity index is 940. The quantitative estimate of drug-likeness (QED) is 0.712. The number of rotatable bonds is 6. The van der Waals surface area contributed by atoms with E-state index in [1.165, 1.54) is 0 Å². The minimum absolute atomic E-state index is 0.119. The number of ether oxygens (including phenoxy) is 1. The van der Waals surface area contributed by atoms with E-state index in [0.717, 1.165) is 75.8 Å². The van der Waals surface area contributed by atoms with Crippen molar-refractivity contribution in [3.63, 3.8) is 0 Å². The number of nitrogens with zero attached hydrogens (tertiary/aromatic N) is 6. The molecule has 9 nitrogen and oxygen atoms in total. The molecule has 172 valence electrons. The average molecular weight is 440 g/mol. The molecule has 6 rings (SSSR count). The first kappa shape index (κ1) is 21.2. The second-order valence-corrected chi connectivity index (χ2v) is 9.16. The number of benzene rings is 1. The highest BCUT2D eigenvalue weighted by atomic mass is 16.5. The topological polar surface area (TPSA) is 92.8 Å². The molecule has 0 aliphatic carbocycles. The molecule has 1 amide bonds. The highest BCUT2D eigenvalue weighted by Gasteiger charge is 2.44. The van der Waals surface area contributed by atoms with Crippen molar-refractivity contribution in [2.24, 2.45) is 17.6 Å². The molecule has 2 aromatic rings. The summed E-state index contributed by atoms with van der Waals surface area (Å²) < 4.78 is 7.42. The lowest BCUT2D eigenvalue weighted by atomic mass is 9.75. The molecular weight excluding hydrogens is 406 g/mol. The fourth-order valence-corrected chi connectivity index (χ4v) is 5.64. The summed E-state index contributed by atoms with van der Waals surface area (Å²) in [7, 11) is 1.71. The fourth-order valence-electron chi connectivity index (χ4n) is 5.64. The number of carbonyl (C=O) groups excluding carboxylic acids is 1. The number of fused-ring (bicyclic) bond motifs is 3. The highest BCUT2D eigenvalue weighted by Crippen LogP contribution is 2.38. The van der Waals surface area contributed by atoms with Crippen molar-refractivity contribution < 1.29 is 9.53 Å². The van der Waals surface area contributed by atoms with Crippen LogP contribution in [0.25, 0.3) is 0 Å². The standard InChI is InChI=1S/C23H33N7O2/c1-32-22-5-3-2-4-21(22)27-8-10-28(11-9-27)23(31)20-16-29-7-6-17(20)12-19(29)15-30-14-18(13-24)25-26-30/h2-5,14,17,19-20H,6-13,15-16,24H2,1H3/t17-,19-,20-/m1/s1. The third kappa shape index (κ3) is 4.06. The van der Waals surface area contributed by atoms with Crippen LogP contribution in [0, 0.1) is 11.8 Å². The van der Waals surface area contributed by atoms with Gasteiger partial charge >= 0.3 is 0 Å². The number of piperazine rings is 1. The molecule has 1 aromatic heterocycles.